The third-order valence-corrected chi connectivity index (χ3v) is 4.30. The molecule has 0 aliphatic carbocycles. The van der Waals surface area contributed by atoms with Gasteiger partial charge in [-0.15, -0.1) is 0 Å². The average molecular weight is 344 g/mol. The van der Waals surface area contributed by atoms with Gasteiger partial charge in [0.15, 0.2) is 5.75 Å². The third-order valence-electron chi connectivity index (χ3n) is 4.30. The minimum Gasteiger partial charge on any atom is -0.492 e. The minimum atomic E-state index is -0.344. The number of aromatic hydroxyl groups is 1. The molecule has 2 aromatic rings. The van der Waals surface area contributed by atoms with E-state index in [9.17, 15) is 9.90 Å². The number of aromatic amines is 1. The number of nitrogens with one attached hydrogen (secondary N) is 2. The summed E-state index contributed by atoms with van der Waals surface area (Å²) in [5.74, 6) is 0.745. The molecular formula is C20H28N2O3. The molecular weight excluding hydrogens is 316 g/mol. The minimum absolute atomic E-state index is 0.223. The molecule has 0 unspecified atom stereocenters. The molecule has 0 bridgehead atoms. The third kappa shape index (κ3) is 5.64. The van der Waals surface area contributed by atoms with Crippen LogP contribution in [0.4, 0.5) is 0 Å². The summed E-state index contributed by atoms with van der Waals surface area (Å²) >= 11 is 0. The summed E-state index contributed by atoms with van der Waals surface area (Å²) in [4.78, 5) is 13.3. The fraction of sp³-hybridized carbons (Fsp3) is 0.450. The van der Waals surface area contributed by atoms with Gasteiger partial charge in [0.25, 0.3) is 5.56 Å². The van der Waals surface area contributed by atoms with Gasteiger partial charge < -0.3 is 15.2 Å². The van der Waals surface area contributed by atoms with Crippen molar-refractivity contribution in [1.82, 2.24) is 10.3 Å². The molecule has 136 valence electrons. The van der Waals surface area contributed by atoms with E-state index in [1.807, 2.05) is 13.8 Å². The van der Waals surface area contributed by atoms with Gasteiger partial charge in [-0.3, -0.25) is 9.78 Å². The molecule has 5 heteroatoms. The molecule has 0 saturated carbocycles. The molecule has 1 aromatic heterocycles. The molecule has 5 nitrogen and oxygen atoms in total. The van der Waals surface area contributed by atoms with Crippen LogP contribution in [0.5, 0.6) is 11.6 Å². The summed E-state index contributed by atoms with van der Waals surface area (Å²) in [6.45, 7) is 6.65. The Morgan fingerprint density at radius 3 is 2.40 bits per heavy atom. The maximum Gasteiger partial charge on any atom is 0.250 e. The molecule has 0 amide bonds. The fourth-order valence-electron chi connectivity index (χ4n) is 2.96. The zero-order valence-corrected chi connectivity index (χ0v) is 15.0. The van der Waals surface area contributed by atoms with Crippen LogP contribution in [0.1, 0.15) is 43.7 Å². The molecule has 1 aliphatic rings. The van der Waals surface area contributed by atoms with E-state index in [-0.39, 0.29) is 11.4 Å². The number of H-pyrrole nitrogens is 1. The predicted molar refractivity (Wildman–Crippen MR) is 101 cm³/mol. The zero-order valence-electron chi connectivity index (χ0n) is 15.0. The Morgan fingerprint density at radius 1 is 1.08 bits per heavy atom. The second kappa shape index (κ2) is 9.89. The van der Waals surface area contributed by atoms with E-state index < -0.39 is 0 Å². The second-order valence-electron chi connectivity index (χ2n) is 5.90. The van der Waals surface area contributed by atoms with E-state index >= 15 is 0 Å². The van der Waals surface area contributed by atoms with Crippen LogP contribution < -0.4 is 15.6 Å². The van der Waals surface area contributed by atoms with Crippen LogP contribution >= 0.6 is 0 Å². The monoisotopic (exact) mass is 344 g/mol. The molecule has 0 atom stereocenters. The number of aromatic nitrogens is 1. The summed E-state index contributed by atoms with van der Waals surface area (Å²) in [5.41, 5.74) is 2.27. The number of benzene rings is 1. The Kier molecular flexibility index (Phi) is 7.54. The highest BCUT2D eigenvalue weighted by Gasteiger charge is 2.14. The Labute approximate surface area is 149 Å². The van der Waals surface area contributed by atoms with Gasteiger partial charge in [-0.05, 0) is 49.0 Å². The zero-order chi connectivity index (χ0) is 18.1. The SMILES string of the molecule is CC.O=c1ccc(OCCc2ccc(C3CCNCC3)cc2)c(O)[nH]1. The van der Waals surface area contributed by atoms with Crippen LogP contribution in [0.25, 0.3) is 0 Å². The highest BCUT2D eigenvalue weighted by atomic mass is 16.5. The lowest BCUT2D eigenvalue weighted by atomic mass is 9.89. The maximum absolute atomic E-state index is 11.0. The van der Waals surface area contributed by atoms with E-state index in [2.05, 4.69) is 34.6 Å². The second-order valence-corrected chi connectivity index (χ2v) is 5.90. The van der Waals surface area contributed by atoms with Crippen LogP contribution in [-0.2, 0) is 6.42 Å². The van der Waals surface area contributed by atoms with Gasteiger partial charge in [0, 0.05) is 12.5 Å². The highest BCUT2D eigenvalue weighted by molar-refractivity contribution is 5.31. The molecule has 2 heterocycles. The van der Waals surface area contributed by atoms with Gasteiger partial charge in [0.2, 0.25) is 5.88 Å². The molecule has 1 saturated heterocycles. The topological polar surface area (TPSA) is 74.3 Å². The lowest BCUT2D eigenvalue weighted by Gasteiger charge is -2.23. The van der Waals surface area contributed by atoms with Crippen molar-refractivity contribution in [3.8, 4) is 11.6 Å². The van der Waals surface area contributed by atoms with Crippen LogP contribution in [0, 0.1) is 0 Å². The maximum atomic E-state index is 11.0. The van der Waals surface area contributed by atoms with E-state index in [0.717, 1.165) is 19.5 Å². The van der Waals surface area contributed by atoms with Crippen molar-refractivity contribution < 1.29 is 9.84 Å². The first-order valence-corrected chi connectivity index (χ1v) is 9.07. The lowest BCUT2D eigenvalue weighted by Crippen LogP contribution is -2.26. The molecule has 3 N–H and O–H groups in total. The summed E-state index contributed by atoms with van der Waals surface area (Å²) in [6, 6.07) is 11.5. The molecule has 0 spiro atoms. The number of hydrogen-bond acceptors (Lipinski definition) is 4. The molecule has 25 heavy (non-hydrogen) atoms. The van der Waals surface area contributed by atoms with Gasteiger partial charge in [-0.1, -0.05) is 38.1 Å². The van der Waals surface area contributed by atoms with E-state index in [1.54, 1.807) is 0 Å². The Balaban J connectivity index is 0.00000109. The van der Waals surface area contributed by atoms with Crippen molar-refractivity contribution in [2.75, 3.05) is 19.7 Å². The lowest BCUT2D eigenvalue weighted by molar-refractivity contribution is 0.298. The summed E-state index contributed by atoms with van der Waals surface area (Å²) in [5, 5.41) is 13.0. The standard InChI is InChI=1S/C18H22N2O3.C2H6/c21-17-6-5-16(18(22)20-17)23-12-9-13-1-3-14(4-2-13)15-7-10-19-11-8-15;1-2/h1-6,15,19H,7-12H2,(H2,20,21,22);1-2H3. The van der Waals surface area contributed by atoms with Crippen LogP contribution in [0.3, 0.4) is 0 Å². The molecule has 3 rings (SSSR count). The van der Waals surface area contributed by atoms with Crippen LogP contribution in [-0.4, -0.2) is 29.8 Å². The number of rotatable bonds is 5. The number of ether oxygens (including phenoxy) is 1. The Hall–Kier alpha value is -2.27. The molecule has 0 radical (unpaired) electrons. The van der Waals surface area contributed by atoms with E-state index in [1.165, 1.54) is 36.1 Å². The van der Waals surface area contributed by atoms with E-state index in [4.69, 9.17) is 4.74 Å². The fourth-order valence-corrected chi connectivity index (χ4v) is 2.96. The quantitative estimate of drug-likeness (QED) is 0.779. The molecule has 1 fully saturated rings. The summed E-state index contributed by atoms with van der Waals surface area (Å²) in [7, 11) is 0. The highest BCUT2D eigenvalue weighted by Crippen LogP contribution is 2.25. The first-order chi connectivity index (χ1) is 12.2. The molecule has 1 aromatic carbocycles. The van der Waals surface area contributed by atoms with Crippen LogP contribution in [0.15, 0.2) is 41.2 Å². The van der Waals surface area contributed by atoms with Crippen molar-refractivity contribution in [3.63, 3.8) is 0 Å². The summed E-state index contributed by atoms with van der Waals surface area (Å²) in [6.07, 6.45) is 3.16. The molecule has 1 aliphatic heterocycles. The van der Waals surface area contributed by atoms with Gasteiger partial charge in [-0.2, -0.15) is 0 Å². The Morgan fingerprint density at radius 2 is 1.76 bits per heavy atom. The van der Waals surface area contributed by atoms with Gasteiger partial charge in [-0.25, -0.2) is 0 Å². The van der Waals surface area contributed by atoms with E-state index in [0.29, 0.717) is 18.3 Å². The first kappa shape index (κ1) is 19.1. The normalized spacial score (nSPS) is 14.5. The van der Waals surface area contributed by atoms with Crippen molar-refractivity contribution in [3.05, 3.63) is 57.9 Å². The largest absolute Gasteiger partial charge is 0.492 e. The average Bonchev–Trinajstić information content (AvgIpc) is 2.66. The van der Waals surface area contributed by atoms with Crippen molar-refractivity contribution >= 4 is 0 Å². The Bertz CT molecular complexity index is 689. The van der Waals surface area contributed by atoms with Gasteiger partial charge in [0.05, 0.1) is 6.61 Å². The number of hydrogen-bond donors (Lipinski definition) is 3. The van der Waals surface area contributed by atoms with Crippen molar-refractivity contribution in [1.29, 1.82) is 0 Å². The number of piperidine rings is 1. The van der Waals surface area contributed by atoms with Gasteiger partial charge >= 0.3 is 0 Å². The van der Waals surface area contributed by atoms with Crippen molar-refractivity contribution in [2.45, 2.75) is 39.0 Å². The van der Waals surface area contributed by atoms with Gasteiger partial charge in [0.1, 0.15) is 0 Å². The predicted octanol–water partition coefficient (Wildman–Crippen LogP) is 3.20. The van der Waals surface area contributed by atoms with Crippen molar-refractivity contribution in [2.24, 2.45) is 0 Å². The summed E-state index contributed by atoms with van der Waals surface area (Å²) < 4.78 is 5.51. The smallest absolute Gasteiger partial charge is 0.250 e. The number of pyridine rings is 1. The van der Waals surface area contributed by atoms with Crippen LogP contribution in [0.2, 0.25) is 0 Å². The first-order valence-electron chi connectivity index (χ1n) is 9.07.